The normalized spacial score (nSPS) is 17.9. The van der Waals surface area contributed by atoms with E-state index < -0.39 is 0 Å². The number of rotatable bonds is 5. The van der Waals surface area contributed by atoms with E-state index in [-0.39, 0.29) is 0 Å². The van der Waals surface area contributed by atoms with Crippen LogP contribution in [0.15, 0.2) is 43.0 Å². The first kappa shape index (κ1) is 12.8. The van der Waals surface area contributed by atoms with E-state index in [0.29, 0.717) is 12.6 Å². The molecule has 0 bridgehead atoms. The van der Waals surface area contributed by atoms with Crippen LogP contribution in [0.1, 0.15) is 17.5 Å². The van der Waals surface area contributed by atoms with E-state index in [1.54, 1.807) is 18.6 Å². The van der Waals surface area contributed by atoms with Gasteiger partial charge in [0.2, 0.25) is 0 Å². The second-order valence-electron chi connectivity index (χ2n) is 4.82. The van der Waals surface area contributed by atoms with Crippen LogP contribution in [-0.2, 0) is 0 Å². The first-order chi connectivity index (χ1) is 9.90. The Morgan fingerprint density at radius 1 is 1.15 bits per heavy atom. The van der Waals surface area contributed by atoms with Crippen molar-refractivity contribution in [1.29, 1.82) is 0 Å². The summed E-state index contributed by atoms with van der Waals surface area (Å²) >= 11 is 0. The molecular weight excluding hydrogens is 250 g/mol. The van der Waals surface area contributed by atoms with Gasteiger partial charge in [-0.1, -0.05) is 12.2 Å². The molecule has 1 N–H and O–H groups in total. The largest absolute Gasteiger partial charge is 0.490 e. The minimum atomic E-state index is 0.492. The van der Waals surface area contributed by atoms with E-state index in [2.05, 4.69) is 15.3 Å². The predicted molar refractivity (Wildman–Crippen MR) is 79.3 cm³/mol. The summed E-state index contributed by atoms with van der Waals surface area (Å²) in [5.74, 6) is 0.815. The van der Waals surface area contributed by atoms with Gasteiger partial charge in [0.05, 0.1) is 6.20 Å². The van der Waals surface area contributed by atoms with Crippen molar-refractivity contribution in [1.82, 2.24) is 15.3 Å². The number of hydrogen-bond acceptors (Lipinski definition) is 4. The molecule has 3 rings (SSSR count). The second-order valence-corrected chi connectivity index (χ2v) is 4.82. The Kier molecular flexibility index (Phi) is 4.04. The summed E-state index contributed by atoms with van der Waals surface area (Å²) in [6, 6.07) is 6.42. The molecule has 0 aromatic carbocycles. The molecule has 20 heavy (non-hydrogen) atoms. The molecule has 0 aliphatic carbocycles. The summed E-state index contributed by atoms with van der Waals surface area (Å²) in [6.45, 7) is 1.81. The second kappa shape index (κ2) is 6.30. The lowest BCUT2D eigenvalue weighted by Crippen LogP contribution is -2.46. The quantitative estimate of drug-likeness (QED) is 0.903. The van der Waals surface area contributed by atoms with Crippen LogP contribution in [-0.4, -0.2) is 29.2 Å². The lowest BCUT2D eigenvalue weighted by Gasteiger charge is -2.27. The molecule has 2 aromatic heterocycles. The van der Waals surface area contributed by atoms with E-state index >= 15 is 0 Å². The maximum Gasteiger partial charge on any atom is 0.138 e. The van der Waals surface area contributed by atoms with Crippen molar-refractivity contribution in [3.05, 3.63) is 54.1 Å². The van der Waals surface area contributed by atoms with Crippen LogP contribution < -0.4 is 10.1 Å². The van der Waals surface area contributed by atoms with Crippen LogP contribution in [0, 0.1) is 0 Å². The average molecular weight is 267 g/mol. The van der Waals surface area contributed by atoms with Gasteiger partial charge in [-0.2, -0.15) is 0 Å². The van der Waals surface area contributed by atoms with Gasteiger partial charge < -0.3 is 10.1 Å². The van der Waals surface area contributed by atoms with Crippen LogP contribution in [0.25, 0.3) is 12.2 Å². The van der Waals surface area contributed by atoms with Crippen molar-refractivity contribution in [2.24, 2.45) is 0 Å². The van der Waals surface area contributed by atoms with Crippen LogP contribution >= 0.6 is 0 Å². The van der Waals surface area contributed by atoms with Crippen molar-refractivity contribution in [3.8, 4) is 5.75 Å². The number of aromatic nitrogens is 2. The molecule has 1 aliphatic rings. The Bertz CT molecular complexity index is 579. The zero-order chi connectivity index (χ0) is 13.6. The highest BCUT2D eigenvalue weighted by Crippen LogP contribution is 2.15. The van der Waals surface area contributed by atoms with Gasteiger partial charge >= 0.3 is 0 Å². The van der Waals surface area contributed by atoms with Gasteiger partial charge in [-0.3, -0.25) is 9.97 Å². The van der Waals surface area contributed by atoms with Crippen LogP contribution in [0.4, 0.5) is 0 Å². The molecule has 4 heteroatoms. The molecule has 0 spiro atoms. The number of nitrogens with one attached hydrogen (secondary N) is 1. The highest BCUT2D eigenvalue weighted by Gasteiger charge is 2.16. The summed E-state index contributed by atoms with van der Waals surface area (Å²) in [6.07, 6.45) is 12.4. The Labute approximate surface area is 118 Å². The third kappa shape index (κ3) is 3.42. The molecule has 3 heterocycles. The Morgan fingerprint density at radius 3 is 2.70 bits per heavy atom. The topological polar surface area (TPSA) is 47.0 Å². The van der Waals surface area contributed by atoms with Crippen molar-refractivity contribution in [3.63, 3.8) is 0 Å². The summed E-state index contributed by atoms with van der Waals surface area (Å²) in [4.78, 5) is 8.21. The average Bonchev–Trinajstić information content (AvgIpc) is 2.45. The van der Waals surface area contributed by atoms with Gasteiger partial charge in [-0.25, -0.2) is 0 Å². The molecule has 1 atom stereocenters. The zero-order valence-electron chi connectivity index (χ0n) is 11.2. The number of hydrogen-bond donors (Lipinski definition) is 1. The van der Waals surface area contributed by atoms with Crippen LogP contribution in [0.5, 0.6) is 5.75 Å². The third-order valence-corrected chi connectivity index (χ3v) is 3.29. The molecule has 0 amide bonds. The molecule has 0 saturated carbocycles. The van der Waals surface area contributed by atoms with E-state index in [1.807, 2.05) is 36.5 Å². The lowest BCUT2D eigenvalue weighted by atomic mass is 10.1. The summed E-state index contributed by atoms with van der Waals surface area (Å²) in [5, 5.41) is 3.31. The van der Waals surface area contributed by atoms with Crippen molar-refractivity contribution < 1.29 is 4.74 Å². The third-order valence-electron chi connectivity index (χ3n) is 3.29. The number of ether oxygens (including phenoxy) is 1. The molecule has 2 aromatic rings. The molecule has 0 radical (unpaired) electrons. The van der Waals surface area contributed by atoms with Crippen molar-refractivity contribution in [2.45, 2.75) is 12.5 Å². The van der Waals surface area contributed by atoms with E-state index in [9.17, 15) is 0 Å². The molecule has 1 unspecified atom stereocenters. The molecule has 1 fully saturated rings. The van der Waals surface area contributed by atoms with Crippen molar-refractivity contribution in [2.75, 3.05) is 13.2 Å². The minimum Gasteiger partial charge on any atom is -0.490 e. The van der Waals surface area contributed by atoms with Crippen LogP contribution in [0.2, 0.25) is 0 Å². The summed E-state index contributed by atoms with van der Waals surface area (Å²) in [7, 11) is 0. The van der Waals surface area contributed by atoms with Crippen molar-refractivity contribution >= 4 is 12.2 Å². The van der Waals surface area contributed by atoms with Gasteiger partial charge in [-0.15, -0.1) is 0 Å². The standard InChI is InChI=1S/C16H17N3O/c1(13-3-6-17-7-4-13)2-14-9-16(11-18-10-14)20-12-15-5-8-19-15/h1-4,6-7,9-11,15,19H,5,8,12H2/b2-1+. The smallest absolute Gasteiger partial charge is 0.138 e. The molecule has 102 valence electrons. The van der Waals surface area contributed by atoms with E-state index in [4.69, 9.17) is 4.74 Å². The van der Waals surface area contributed by atoms with Gasteiger partial charge in [-0.05, 0) is 42.3 Å². The fourth-order valence-electron chi connectivity index (χ4n) is 1.96. The Hall–Kier alpha value is -2.20. The molecule has 1 aliphatic heterocycles. The fourth-order valence-corrected chi connectivity index (χ4v) is 1.96. The maximum atomic E-state index is 5.73. The van der Waals surface area contributed by atoms with Gasteiger partial charge in [0.1, 0.15) is 12.4 Å². The highest BCUT2D eigenvalue weighted by atomic mass is 16.5. The van der Waals surface area contributed by atoms with E-state index in [1.165, 1.54) is 6.42 Å². The summed E-state index contributed by atoms with van der Waals surface area (Å²) in [5.41, 5.74) is 2.14. The van der Waals surface area contributed by atoms with Gasteiger partial charge in [0.25, 0.3) is 0 Å². The van der Waals surface area contributed by atoms with Crippen LogP contribution in [0.3, 0.4) is 0 Å². The number of nitrogens with zero attached hydrogens (tertiary/aromatic N) is 2. The monoisotopic (exact) mass is 267 g/mol. The Balaban J connectivity index is 1.63. The molecular formula is C16H17N3O. The minimum absolute atomic E-state index is 0.492. The number of pyridine rings is 2. The first-order valence-corrected chi connectivity index (χ1v) is 6.79. The maximum absolute atomic E-state index is 5.73. The predicted octanol–water partition coefficient (Wildman–Crippen LogP) is 2.39. The fraction of sp³-hybridized carbons (Fsp3) is 0.250. The highest BCUT2D eigenvalue weighted by molar-refractivity contribution is 5.69. The van der Waals surface area contributed by atoms with Gasteiger partial charge in [0.15, 0.2) is 0 Å². The van der Waals surface area contributed by atoms with Gasteiger partial charge in [0, 0.05) is 24.6 Å². The molecule has 1 saturated heterocycles. The van der Waals surface area contributed by atoms with E-state index in [0.717, 1.165) is 23.4 Å². The SMILES string of the molecule is C(=C\c1cncc(OCC2CCN2)c1)/c1ccncc1. The summed E-state index contributed by atoms with van der Waals surface area (Å²) < 4.78 is 5.73. The zero-order valence-corrected chi connectivity index (χ0v) is 11.2. The Morgan fingerprint density at radius 2 is 1.95 bits per heavy atom. The first-order valence-electron chi connectivity index (χ1n) is 6.79. The lowest BCUT2D eigenvalue weighted by molar-refractivity contribution is 0.217. The molecule has 4 nitrogen and oxygen atoms in total.